The molecule has 0 aliphatic heterocycles. The van der Waals surface area contributed by atoms with Gasteiger partial charge in [0.15, 0.2) is 0 Å². The van der Waals surface area contributed by atoms with E-state index in [-0.39, 0.29) is 6.54 Å². The second-order valence-electron chi connectivity index (χ2n) is 3.92. The highest BCUT2D eigenvalue weighted by Gasteiger charge is 2.07. The van der Waals surface area contributed by atoms with Crippen LogP contribution >= 0.6 is 0 Å². The minimum atomic E-state index is -0.412. The quantitative estimate of drug-likeness (QED) is 0.902. The Kier molecular flexibility index (Phi) is 3.89. The number of hydrogen-bond acceptors (Lipinski definition) is 3. The molecule has 18 heavy (non-hydrogen) atoms. The lowest BCUT2D eigenvalue weighted by Crippen LogP contribution is -2.02. The fraction of sp³-hybridized carbons (Fsp3) is 0.214. The molecular formula is C14H15FN2O. The molecule has 2 aromatic rings. The van der Waals surface area contributed by atoms with E-state index in [1.54, 1.807) is 0 Å². The molecule has 0 bridgehead atoms. The van der Waals surface area contributed by atoms with E-state index in [9.17, 15) is 4.39 Å². The van der Waals surface area contributed by atoms with Crippen molar-refractivity contribution in [1.29, 1.82) is 0 Å². The van der Waals surface area contributed by atoms with Crippen LogP contribution in [-0.4, -0.2) is 4.98 Å². The minimum absolute atomic E-state index is 0.188. The van der Waals surface area contributed by atoms with Crippen LogP contribution in [0.25, 0.3) is 0 Å². The first-order chi connectivity index (χ1) is 8.72. The molecule has 2 rings (SSSR count). The van der Waals surface area contributed by atoms with Gasteiger partial charge in [0.2, 0.25) is 5.88 Å². The van der Waals surface area contributed by atoms with Crippen LogP contribution in [0.1, 0.15) is 18.1 Å². The molecule has 0 saturated carbocycles. The maximum Gasteiger partial charge on any atom is 0.223 e. The second-order valence-corrected chi connectivity index (χ2v) is 3.92. The van der Waals surface area contributed by atoms with Gasteiger partial charge in [-0.05, 0) is 30.2 Å². The highest BCUT2D eigenvalue weighted by atomic mass is 19.1. The van der Waals surface area contributed by atoms with Crippen LogP contribution in [0.4, 0.5) is 4.39 Å². The summed E-state index contributed by atoms with van der Waals surface area (Å²) in [7, 11) is 0. The van der Waals surface area contributed by atoms with Crippen LogP contribution in [-0.2, 0) is 13.0 Å². The molecule has 0 atom stereocenters. The Morgan fingerprint density at radius 1 is 1.33 bits per heavy atom. The Labute approximate surface area is 105 Å². The number of rotatable bonds is 4. The van der Waals surface area contributed by atoms with Gasteiger partial charge < -0.3 is 10.5 Å². The van der Waals surface area contributed by atoms with E-state index in [4.69, 9.17) is 10.5 Å². The summed E-state index contributed by atoms with van der Waals surface area (Å²) in [6.07, 6.45) is 2.05. The van der Waals surface area contributed by atoms with Gasteiger partial charge in [-0.1, -0.05) is 19.1 Å². The first-order valence-corrected chi connectivity index (χ1v) is 5.84. The topological polar surface area (TPSA) is 48.1 Å². The second kappa shape index (κ2) is 5.60. The average molecular weight is 246 g/mol. The van der Waals surface area contributed by atoms with Gasteiger partial charge in [0.1, 0.15) is 11.6 Å². The summed E-state index contributed by atoms with van der Waals surface area (Å²) in [6.45, 7) is 2.26. The number of nitrogens with zero attached hydrogens (tertiary/aromatic N) is 1. The summed E-state index contributed by atoms with van der Waals surface area (Å²) in [6, 6.07) is 9.05. The third-order valence-electron chi connectivity index (χ3n) is 2.63. The maximum absolute atomic E-state index is 13.0. The smallest absolute Gasteiger partial charge is 0.223 e. The first-order valence-electron chi connectivity index (χ1n) is 5.84. The monoisotopic (exact) mass is 246 g/mol. The molecule has 0 unspecified atom stereocenters. The van der Waals surface area contributed by atoms with Crippen LogP contribution in [0.2, 0.25) is 0 Å². The number of aromatic nitrogens is 1. The average Bonchev–Trinajstić information content (AvgIpc) is 2.41. The van der Waals surface area contributed by atoms with Crippen LogP contribution < -0.4 is 10.5 Å². The summed E-state index contributed by atoms with van der Waals surface area (Å²) in [5, 5.41) is 0. The molecule has 0 aliphatic carbocycles. The molecule has 0 aliphatic rings. The molecule has 0 fully saturated rings. The predicted molar refractivity (Wildman–Crippen MR) is 68.0 cm³/mol. The lowest BCUT2D eigenvalue weighted by Gasteiger charge is -2.09. The highest BCUT2D eigenvalue weighted by Crippen LogP contribution is 2.24. The Bertz CT molecular complexity index is 543. The van der Waals surface area contributed by atoms with E-state index in [1.807, 2.05) is 24.3 Å². The zero-order chi connectivity index (χ0) is 13.0. The van der Waals surface area contributed by atoms with E-state index >= 15 is 0 Å². The van der Waals surface area contributed by atoms with Gasteiger partial charge in [0.25, 0.3) is 0 Å². The molecule has 1 heterocycles. The van der Waals surface area contributed by atoms with Crippen molar-refractivity contribution in [1.82, 2.24) is 4.98 Å². The number of benzene rings is 1. The van der Waals surface area contributed by atoms with Gasteiger partial charge in [0.05, 0.1) is 6.20 Å². The van der Waals surface area contributed by atoms with Crippen molar-refractivity contribution in [3.63, 3.8) is 0 Å². The van der Waals surface area contributed by atoms with Gasteiger partial charge in [-0.3, -0.25) is 0 Å². The van der Waals surface area contributed by atoms with Crippen LogP contribution in [0.15, 0.2) is 36.5 Å². The van der Waals surface area contributed by atoms with E-state index in [1.165, 1.54) is 11.6 Å². The molecule has 0 saturated heterocycles. The summed E-state index contributed by atoms with van der Waals surface area (Å²) in [5.74, 6) is 0.625. The van der Waals surface area contributed by atoms with Crippen molar-refractivity contribution in [2.45, 2.75) is 19.9 Å². The fourth-order valence-corrected chi connectivity index (χ4v) is 1.65. The van der Waals surface area contributed by atoms with Crippen molar-refractivity contribution in [2.75, 3.05) is 0 Å². The number of halogens is 1. The number of nitrogens with two attached hydrogens (primary N) is 1. The third-order valence-corrected chi connectivity index (χ3v) is 2.63. The summed E-state index contributed by atoms with van der Waals surface area (Å²) in [4.78, 5) is 3.92. The summed E-state index contributed by atoms with van der Waals surface area (Å²) >= 11 is 0. The van der Waals surface area contributed by atoms with E-state index in [0.717, 1.165) is 12.6 Å². The number of aryl methyl sites for hydroxylation is 1. The normalized spacial score (nSPS) is 10.4. The molecule has 1 aromatic carbocycles. The van der Waals surface area contributed by atoms with Gasteiger partial charge in [0, 0.05) is 12.1 Å². The van der Waals surface area contributed by atoms with Crippen molar-refractivity contribution in [2.24, 2.45) is 5.73 Å². The molecule has 0 spiro atoms. The third kappa shape index (κ3) is 2.84. The highest BCUT2D eigenvalue weighted by molar-refractivity contribution is 5.34. The molecule has 0 amide bonds. The molecule has 1 aromatic heterocycles. The molecule has 2 N–H and O–H groups in total. The number of ether oxygens (including phenoxy) is 1. The van der Waals surface area contributed by atoms with Crippen molar-refractivity contribution >= 4 is 0 Å². The standard InChI is InChI=1S/C14H15FN2O/c1-2-10-4-3-5-13(6-10)18-14-11(8-16)7-12(15)9-17-14/h3-7,9H,2,8,16H2,1H3. The molecule has 4 heteroatoms. The van der Waals surface area contributed by atoms with Gasteiger partial charge >= 0.3 is 0 Å². The number of hydrogen-bond donors (Lipinski definition) is 1. The van der Waals surface area contributed by atoms with Gasteiger partial charge in [-0.15, -0.1) is 0 Å². The Morgan fingerprint density at radius 2 is 2.17 bits per heavy atom. The zero-order valence-corrected chi connectivity index (χ0v) is 10.2. The molecular weight excluding hydrogens is 231 g/mol. The van der Waals surface area contributed by atoms with E-state index in [0.29, 0.717) is 17.2 Å². The van der Waals surface area contributed by atoms with Crippen molar-refractivity contribution in [3.05, 3.63) is 53.5 Å². The number of pyridine rings is 1. The first kappa shape index (κ1) is 12.5. The maximum atomic E-state index is 13.0. The zero-order valence-electron chi connectivity index (χ0n) is 10.2. The summed E-state index contributed by atoms with van der Waals surface area (Å²) in [5.41, 5.74) is 7.27. The fourth-order valence-electron chi connectivity index (χ4n) is 1.65. The van der Waals surface area contributed by atoms with Crippen molar-refractivity contribution in [3.8, 4) is 11.6 Å². The largest absolute Gasteiger partial charge is 0.439 e. The molecule has 3 nitrogen and oxygen atoms in total. The van der Waals surface area contributed by atoms with Crippen LogP contribution in [0.3, 0.4) is 0 Å². The van der Waals surface area contributed by atoms with Crippen molar-refractivity contribution < 1.29 is 9.13 Å². The predicted octanol–water partition coefficient (Wildman–Crippen LogP) is 3.03. The lowest BCUT2D eigenvalue weighted by atomic mass is 10.2. The van der Waals surface area contributed by atoms with Gasteiger partial charge in [-0.25, -0.2) is 9.37 Å². The minimum Gasteiger partial charge on any atom is -0.439 e. The van der Waals surface area contributed by atoms with E-state index < -0.39 is 5.82 Å². The lowest BCUT2D eigenvalue weighted by molar-refractivity contribution is 0.451. The molecule has 0 radical (unpaired) electrons. The SMILES string of the molecule is CCc1cccc(Oc2ncc(F)cc2CN)c1. The van der Waals surface area contributed by atoms with E-state index in [2.05, 4.69) is 11.9 Å². The summed E-state index contributed by atoms with van der Waals surface area (Å²) < 4.78 is 18.7. The Morgan fingerprint density at radius 3 is 2.89 bits per heavy atom. The molecule has 94 valence electrons. The van der Waals surface area contributed by atoms with Gasteiger partial charge in [-0.2, -0.15) is 0 Å². The Hall–Kier alpha value is -1.94. The Balaban J connectivity index is 2.27. The van der Waals surface area contributed by atoms with Crippen LogP contribution in [0.5, 0.6) is 11.6 Å². The van der Waals surface area contributed by atoms with Crippen LogP contribution in [0, 0.1) is 5.82 Å².